The molecular weight excluding hydrogens is 244 g/mol. The highest BCUT2D eigenvalue weighted by Gasteiger charge is 2.13. The SMILES string of the molecule is CCCC(C)COc1cc(C)nc(C)c1C(N)=S. The number of aryl methyl sites for hydroxylation is 2. The first kappa shape index (κ1) is 14.9. The minimum Gasteiger partial charge on any atom is -0.492 e. The average Bonchev–Trinajstić information content (AvgIpc) is 2.25. The van der Waals surface area contributed by atoms with Crippen LogP contribution < -0.4 is 10.5 Å². The Morgan fingerprint density at radius 1 is 1.50 bits per heavy atom. The molecule has 0 radical (unpaired) electrons. The van der Waals surface area contributed by atoms with Gasteiger partial charge >= 0.3 is 0 Å². The van der Waals surface area contributed by atoms with Crippen LogP contribution in [-0.2, 0) is 0 Å². The van der Waals surface area contributed by atoms with Crippen LogP contribution in [0, 0.1) is 19.8 Å². The van der Waals surface area contributed by atoms with E-state index in [1.165, 1.54) is 6.42 Å². The van der Waals surface area contributed by atoms with E-state index >= 15 is 0 Å². The molecule has 1 rings (SSSR count). The number of aromatic nitrogens is 1. The van der Waals surface area contributed by atoms with Crippen molar-refractivity contribution in [3.63, 3.8) is 0 Å². The Morgan fingerprint density at radius 2 is 2.17 bits per heavy atom. The van der Waals surface area contributed by atoms with Crippen LogP contribution in [0.4, 0.5) is 0 Å². The normalized spacial score (nSPS) is 12.2. The number of hydrogen-bond donors (Lipinski definition) is 1. The van der Waals surface area contributed by atoms with Crippen LogP contribution >= 0.6 is 12.2 Å². The molecule has 0 aromatic carbocycles. The molecule has 1 aromatic rings. The Kier molecular flexibility index (Phi) is 5.54. The topological polar surface area (TPSA) is 48.1 Å². The van der Waals surface area contributed by atoms with E-state index in [0.717, 1.165) is 29.1 Å². The molecule has 0 aliphatic rings. The summed E-state index contributed by atoms with van der Waals surface area (Å²) < 4.78 is 5.87. The maximum absolute atomic E-state index is 5.87. The molecule has 0 aliphatic heterocycles. The minimum absolute atomic E-state index is 0.346. The van der Waals surface area contributed by atoms with Crippen molar-refractivity contribution in [1.82, 2.24) is 4.98 Å². The zero-order chi connectivity index (χ0) is 13.7. The third-order valence-corrected chi connectivity index (χ3v) is 3.05. The highest BCUT2D eigenvalue weighted by molar-refractivity contribution is 7.80. The summed E-state index contributed by atoms with van der Waals surface area (Å²) in [6.07, 6.45) is 2.33. The van der Waals surface area contributed by atoms with Crippen molar-refractivity contribution in [2.24, 2.45) is 11.7 Å². The van der Waals surface area contributed by atoms with Crippen molar-refractivity contribution in [1.29, 1.82) is 0 Å². The molecule has 0 amide bonds. The fourth-order valence-corrected chi connectivity index (χ4v) is 2.26. The van der Waals surface area contributed by atoms with E-state index in [-0.39, 0.29) is 0 Å². The maximum atomic E-state index is 5.87. The molecule has 0 saturated heterocycles. The zero-order valence-electron chi connectivity index (χ0n) is 11.6. The summed E-state index contributed by atoms with van der Waals surface area (Å²) in [4.78, 5) is 4.72. The van der Waals surface area contributed by atoms with Gasteiger partial charge in [-0.05, 0) is 26.2 Å². The van der Waals surface area contributed by atoms with Gasteiger partial charge in [0.2, 0.25) is 0 Å². The summed E-state index contributed by atoms with van der Waals surface area (Å²) in [5.41, 5.74) is 8.26. The van der Waals surface area contributed by atoms with Crippen LogP contribution in [0.25, 0.3) is 0 Å². The summed E-state index contributed by atoms with van der Waals surface area (Å²) in [5, 5.41) is 0. The predicted octanol–water partition coefficient (Wildman–Crippen LogP) is 3.15. The van der Waals surface area contributed by atoms with E-state index in [2.05, 4.69) is 18.8 Å². The number of nitrogens with two attached hydrogens (primary N) is 1. The largest absolute Gasteiger partial charge is 0.492 e. The highest BCUT2D eigenvalue weighted by Crippen LogP contribution is 2.23. The minimum atomic E-state index is 0.346. The Bertz CT molecular complexity index is 432. The van der Waals surface area contributed by atoms with E-state index in [1.807, 2.05) is 19.9 Å². The van der Waals surface area contributed by atoms with Crippen LogP contribution in [0.1, 0.15) is 43.6 Å². The van der Waals surface area contributed by atoms with Gasteiger partial charge in [-0.15, -0.1) is 0 Å². The number of hydrogen-bond acceptors (Lipinski definition) is 3. The molecule has 0 spiro atoms. The Labute approximate surface area is 115 Å². The van der Waals surface area contributed by atoms with Gasteiger partial charge in [0.1, 0.15) is 10.7 Å². The highest BCUT2D eigenvalue weighted by atomic mass is 32.1. The number of pyridine rings is 1. The van der Waals surface area contributed by atoms with Gasteiger partial charge in [-0.25, -0.2) is 0 Å². The van der Waals surface area contributed by atoms with Gasteiger partial charge in [0, 0.05) is 11.8 Å². The third-order valence-electron chi connectivity index (χ3n) is 2.84. The van der Waals surface area contributed by atoms with Crippen molar-refractivity contribution in [2.75, 3.05) is 6.61 Å². The molecule has 1 heterocycles. The first-order valence-corrected chi connectivity index (χ1v) is 6.77. The Balaban J connectivity index is 2.90. The second-order valence-electron chi connectivity index (χ2n) is 4.79. The Hall–Kier alpha value is -1.16. The molecule has 0 saturated carbocycles. The smallest absolute Gasteiger partial charge is 0.133 e. The predicted molar refractivity (Wildman–Crippen MR) is 79.2 cm³/mol. The molecule has 1 unspecified atom stereocenters. The molecule has 1 atom stereocenters. The lowest BCUT2D eigenvalue weighted by Gasteiger charge is -2.16. The van der Waals surface area contributed by atoms with Crippen LogP contribution in [0.2, 0.25) is 0 Å². The van der Waals surface area contributed by atoms with E-state index in [1.54, 1.807) is 0 Å². The molecular formula is C14H22N2OS. The number of rotatable bonds is 6. The van der Waals surface area contributed by atoms with Crippen molar-refractivity contribution >= 4 is 17.2 Å². The van der Waals surface area contributed by atoms with Gasteiger partial charge in [-0.3, -0.25) is 4.98 Å². The lowest BCUT2D eigenvalue weighted by Crippen LogP contribution is -2.17. The third kappa shape index (κ3) is 3.95. The average molecular weight is 266 g/mol. The summed E-state index contributed by atoms with van der Waals surface area (Å²) >= 11 is 5.07. The van der Waals surface area contributed by atoms with Crippen molar-refractivity contribution in [3.8, 4) is 5.75 Å². The van der Waals surface area contributed by atoms with Crippen molar-refractivity contribution in [2.45, 2.75) is 40.5 Å². The van der Waals surface area contributed by atoms with E-state index < -0.39 is 0 Å². The van der Waals surface area contributed by atoms with Crippen LogP contribution in [0.5, 0.6) is 5.75 Å². The lowest BCUT2D eigenvalue weighted by molar-refractivity contribution is 0.250. The van der Waals surface area contributed by atoms with Gasteiger partial charge in [0.25, 0.3) is 0 Å². The van der Waals surface area contributed by atoms with Gasteiger partial charge < -0.3 is 10.5 Å². The maximum Gasteiger partial charge on any atom is 0.133 e. The molecule has 0 aliphatic carbocycles. The number of ether oxygens (including phenoxy) is 1. The molecule has 4 heteroatoms. The van der Waals surface area contributed by atoms with E-state index in [4.69, 9.17) is 22.7 Å². The summed E-state index contributed by atoms with van der Waals surface area (Å²) in [6.45, 7) is 8.90. The fourth-order valence-electron chi connectivity index (χ4n) is 2.01. The molecule has 18 heavy (non-hydrogen) atoms. The quantitative estimate of drug-likeness (QED) is 0.804. The van der Waals surface area contributed by atoms with Gasteiger partial charge in [-0.1, -0.05) is 32.5 Å². The first-order chi connectivity index (χ1) is 8.45. The van der Waals surface area contributed by atoms with Crippen LogP contribution in [0.15, 0.2) is 6.07 Å². The molecule has 100 valence electrons. The second-order valence-corrected chi connectivity index (χ2v) is 5.23. The van der Waals surface area contributed by atoms with Gasteiger partial charge in [0.05, 0.1) is 17.9 Å². The number of thiocarbonyl (C=S) groups is 1. The summed E-state index contributed by atoms with van der Waals surface area (Å²) in [7, 11) is 0. The van der Waals surface area contributed by atoms with E-state index in [0.29, 0.717) is 17.5 Å². The molecule has 0 fully saturated rings. The fraction of sp³-hybridized carbons (Fsp3) is 0.571. The van der Waals surface area contributed by atoms with Crippen molar-refractivity contribution < 1.29 is 4.74 Å². The molecule has 3 nitrogen and oxygen atoms in total. The van der Waals surface area contributed by atoms with Crippen molar-refractivity contribution in [3.05, 3.63) is 23.0 Å². The summed E-state index contributed by atoms with van der Waals surface area (Å²) in [5.74, 6) is 1.29. The molecule has 2 N–H and O–H groups in total. The summed E-state index contributed by atoms with van der Waals surface area (Å²) in [6, 6.07) is 1.90. The van der Waals surface area contributed by atoms with Gasteiger partial charge in [0.15, 0.2) is 0 Å². The number of nitrogens with zero attached hydrogens (tertiary/aromatic N) is 1. The Morgan fingerprint density at radius 3 is 2.72 bits per heavy atom. The van der Waals surface area contributed by atoms with E-state index in [9.17, 15) is 0 Å². The zero-order valence-corrected chi connectivity index (χ0v) is 12.4. The second kappa shape index (κ2) is 6.69. The lowest BCUT2D eigenvalue weighted by atomic mass is 10.1. The molecule has 0 bridgehead atoms. The van der Waals surface area contributed by atoms with Gasteiger partial charge in [-0.2, -0.15) is 0 Å². The monoisotopic (exact) mass is 266 g/mol. The standard InChI is InChI=1S/C14H22N2OS/c1-5-6-9(2)8-17-12-7-10(3)16-11(4)13(12)14(15)18/h7,9H,5-6,8H2,1-4H3,(H2,15,18). The van der Waals surface area contributed by atoms with Crippen LogP contribution in [-0.4, -0.2) is 16.6 Å². The first-order valence-electron chi connectivity index (χ1n) is 6.36. The molecule has 1 aromatic heterocycles. The van der Waals surface area contributed by atoms with Crippen LogP contribution in [0.3, 0.4) is 0 Å².